The van der Waals surface area contributed by atoms with Crippen LogP contribution in [0.3, 0.4) is 0 Å². The van der Waals surface area contributed by atoms with Crippen molar-refractivity contribution < 1.29 is 9.90 Å². The number of aromatic nitrogens is 1. The quantitative estimate of drug-likeness (QED) is 0.878. The highest BCUT2D eigenvalue weighted by molar-refractivity contribution is 7.09. The van der Waals surface area contributed by atoms with Crippen molar-refractivity contribution in [3.63, 3.8) is 0 Å². The summed E-state index contributed by atoms with van der Waals surface area (Å²) in [6.45, 7) is 0.774. The predicted octanol–water partition coefficient (Wildman–Crippen LogP) is 3.82. The summed E-state index contributed by atoms with van der Waals surface area (Å²) in [4.78, 5) is 18.5. The summed E-state index contributed by atoms with van der Waals surface area (Å²) in [5.74, 6) is -0.843. The lowest BCUT2D eigenvalue weighted by Gasteiger charge is -2.21. The number of aliphatic carboxylic acids is 1. The van der Waals surface area contributed by atoms with Crippen LogP contribution < -0.4 is 0 Å². The molecule has 2 aromatic rings. The van der Waals surface area contributed by atoms with Gasteiger partial charge in [-0.25, -0.2) is 4.98 Å². The summed E-state index contributed by atoms with van der Waals surface area (Å²) in [7, 11) is 0. The van der Waals surface area contributed by atoms with Crippen molar-refractivity contribution in [2.75, 3.05) is 0 Å². The van der Waals surface area contributed by atoms with E-state index in [0.717, 1.165) is 48.0 Å². The molecule has 2 aliphatic rings. The molecule has 4 rings (SSSR count). The number of carboxylic acid groups (broad SMARTS) is 1. The van der Waals surface area contributed by atoms with Gasteiger partial charge in [-0.2, -0.15) is 0 Å². The summed E-state index contributed by atoms with van der Waals surface area (Å²) in [6, 6.07) is 8.47. The Labute approximate surface area is 150 Å². The summed E-state index contributed by atoms with van der Waals surface area (Å²) in [5.41, 5.74) is 2.26. The summed E-state index contributed by atoms with van der Waals surface area (Å²) in [6.07, 6.45) is 3.73. The molecule has 3 unspecified atom stereocenters. The van der Waals surface area contributed by atoms with Crippen LogP contribution in [0.25, 0.3) is 0 Å². The van der Waals surface area contributed by atoms with E-state index in [1.807, 2.05) is 24.3 Å². The average molecular weight is 363 g/mol. The fourth-order valence-corrected chi connectivity index (χ4v) is 5.03. The molecule has 6 heteroatoms. The molecule has 2 bridgehead atoms. The van der Waals surface area contributed by atoms with Crippen molar-refractivity contribution in [3.05, 3.63) is 50.9 Å². The van der Waals surface area contributed by atoms with Crippen LogP contribution in [0.5, 0.6) is 0 Å². The molecule has 3 atom stereocenters. The first-order chi connectivity index (χ1) is 11.6. The Morgan fingerprint density at radius 1 is 1.33 bits per heavy atom. The summed E-state index contributed by atoms with van der Waals surface area (Å²) in [5, 5.41) is 13.3. The van der Waals surface area contributed by atoms with Crippen molar-refractivity contribution >= 4 is 28.9 Å². The number of carbonyl (C=O) groups is 1. The van der Waals surface area contributed by atoms with Crippen molar-refractivity contribution in [3.8, 4) is 0 Å². The molecule has 4 nitrogen and oxygen atoms in total. The number of benzene rings is 1. The molecule has 126 valence electrons. The van der Waals surface area contributed by atoms with Crippen molar-refractivity contribution in [2.45, 2.75) is 44.3 Å². The number of hydrogen-bond donors (Lipinski definition) is 1. The molecular formula is C18H19ClN2O2S. The molecule has 1 aromatic heterocycles. The van der Waals surface area contributed by atoms with Crippen LogP contribution in [-0.4, -0.2) is 33.0 Å². The van der Waals surface area contributed by atoms with Gasteiger partial charge in [0.15, 0.2) is 0 Å². The third-order valence-corrected chi connectivity index (χ3v) is 6.36. The number of carboxylic acids is 1. The Bertz CT molecular complexity index is 746. The standard InChI is InChI=1S/C18H19ClN2O2S/c19-12-3-1-11(2-4-12)7-17-20-13(10-24-17)9-21-14-5-6-16(21)15(8-14)18(22)23/h1-4,10,14-16H,5-9H2,(H,22,23). The van der Waals surface area contributed by atoms with Crippen molar-refractivity contribution in [2.24, 2.45) is 5.92 Å². The number of thiazole rings is 1. The Morgan fingerprint density at radius 3 is 2.83 bits per heavy atom. The number of rotatable bonds is 5. The van der Waals surface area contributed by atoms with Crippen LogP contribution in [0.15, 0.2) is 29.6 Å². The van der Waals surface area contributed by atoms with E-state index in [1.54, 1.807) is 11.3 Å². The molecule has 2 fully saturated rings. The molecule has 2 aliphatic heterocycles. The van der Waals surface area contributed by atoms with E-state index >= 15 is 0 Å². The van der Waals surface area contributed by atoms with Gasteiger partial charge in [-0.15, -0.1) is 11.3 Å². The molecule has 1 aromatic carbocycles. The number of hydrogen-bond acceptors (Lipinski definition) is 4. The van der Waals surface area contributed by atoms with E-state index < -0.39 is 5.97 Å². The van der Waals surface area contributed by atoms with Gasteiger partial charge in [-0.05, 0) is 37.0 Å². The smallest absolute Gasteiger partial charge is 0.308 e. The van der Waals surface area contributed by atoms with Crippen LogP contribution in [0.1, 0.15) is 35.5 Å². The number of halogens is 1. The minimum absolute atomic E-state index is 0.189. The lowest BCUT2D eigenvalue weighted by Crippen LogP contribution is -2.32. The largest absolute Gasteiger partial charge is 0.481 e. The van der Waals surface area contributed by atoms with Crippen molar-refractivity contribution in [1.82, 2.24) is 9.88 Å². The molecule has 0 amide bonds. The first-order valence-corrected chi connectivity index (χ1v) is 9.52. The van der Waals surface area contributed by atoms with E-state index in [2.05, 4.69) is 10.3 Å². The fraction of sp³-hybridized carbons (Fsp3) is 0.444. The maximum Gasteiger partial charge on any atom is 0.308 e. The topological polar surface area (TPSA) is 53.4 Å². The third-order valence-electron chi connectivity index (χ3n) is 5.21. The molecule has 24 heavy (non-hydrogen) atoms. The molecule has 2 saturated heterocycles. The summed E-state index contributed by atoms with van der Waals surface area (Å²) >= 11 is 7.60. The van der Waals surface area contributed by atoms with Gasteiger partial charge in [-0.1, -0.05) is 23.7 Å². The third kappa shape index (κ3) is 3.08. The first-order valence-electron chi connectivity index (χ1n) is 8.26. The predicted molar refractivity (Wildman–Crippen MR) is 94.5 cm³/mol. The van der Waals surface area contributed by atoms with Crippen LogP contribution in [-0.2, 0) is 17.8 Å². The normalized spacial score (nSPS) is 26.1. The monoisotopic (exact) mass is 362 g/mol. The zero-order valence-corrected chi connectivity index (χ0v) is 14.8. The SMILES string of the molecule is O=C(O)C1CC2CCC1N2Cc1csc(Cc2ccc(Cl)cc2)n1. The van der Waals surface area contributed by atoms with Gasteiger partial charge in [0.1, 0.15) is 0 Å². The maximum atomic E-state index is 11.4. The Balaban J connectivity index is 1.42. The van der Waals surface area contributed by atoms with Gasteiger partial charge < -0.3 is 5.11 Å². The molecule has 0 saturated carbocycles. The zero-order chi connectivity index (χ0) is 16.7. The second-order valence-corrected chi connectivity index (χ2v) is 8.07. The van der Waals surface area contributed by atoms with E-state index in [4.69, 9.17) is 16.6 Å². The van der Waals surface area contributed by atoms with Gasteiger partial charge in [0, 0.05) is 35.5 Å². The van der Waals surface area contributed by atoms with E-state index in [0.29, 0.717) is 6.04 Å². The van der Waals surface area contributed by atoms with Gasteiger partial charge in [-0.3, -0.25) is 9.69 Å². The van der Waals surface area contributed by atoms with E-state index in [-0.39, 0.29) is 12.0 Å². The van der Waals surface area contributed by atoms with Crippen LogP contribution in [0, 0.1) is 5.92 Å². The van der Waals surface area contributed by atoms with Gasteiger partial charge >= 0.3 is 5.97 Å². The Hall–Kier alpha value is -1.43. The highest BCUT2D eigenvalue weighted by Gasteiger charge is 2.49. The number of fused-ring (bicyclic) bond motifs is 2. The fourth-order valence-electron chi connectivity index (χ4n) is 4.08. The highest BCUT2D eigenvalue weighted by Crippen LogP contribution is 2.42. The minimum atomic E-state index is -0.645. The van der Waals surface area contributed by atoms with Crippen LogP contribution >= 0.6 is 22.9 Å². The van der Waals surface area contributed by atoms with Crippen LogP contribution in [0.2, 0.25) is 5.02 Å². The van der Waals surface area contributed by atoms with Gasteiger partial charge in [0.2, 0.25) is 0 Å². The minimum Gasteiger partial charge on any atom is -0.481 e. The maximum absolute atomic E-state index is 11.4. The van der Waals surface area contributed by atoms with Gasteiger partial charge in [0.05, 0.1) is 16.6 Å². The Morgan fingerprint density at radius 2 is 2.12 bits per heavy atom. The second-order valence-electron chi connectivity index (χ2n) is 6.69. The zero-order valence-electron chi connectivity index (χ0n) is 13.2. The molecule has 0 aliphatic carbocycles. The molecule has 3 heterocycles. The molecule has 0 radical (unpaired) electrons. The lowest BCUT2D eigenvalue weighted by atomic mass is 9.89. The highest BCUT2D eigenvalue weighted by atomic mass is 35.5. The van der Waals surface area contributed by atoms with Crippen LogP contribution in [0.4, 0.5) is 0 Å². The molecule has 1 N–H and O–H groups in total. The Kier molecular flexibility index (Phi) is 4.33. The van der Waals surface area contributed by atoms with Gasteiger partial charge in [0.25, 0.3) is 0 Å². The lowest BCUT2D eigenvalue weighted by molar-refractivity contribution is -0.142. The van der Waals surface area contributed by atoms with E-state index in [9.17, 15) is 9.90 Å². The first kappa shape index (κ1) is 16.1. The second kappa shape index (κ2) is 6.47. The summed E-state index contributed by atoms with van der Waals surface area (Å²) < 4.78 is 0. The molecule has 0 spiro atoms. The molecular weight excluding hydrogens is 344 g/mol. The van der Waals surface area contributed by atoms with Crippen molar-refractivity contribution in [1.29, 1.82) is 0 Å². The average Bonchev–Trinajstić information content (AvgIpc) is 3.26. The number of nitrogens with zero attached hydrogens (tertiary/aromatic N) is 2. The van der Waals surface area contributed by atoms with E-state index in [1.165, 1.54) is 5.56 Å².